The molecule has 8 nitrogen and oxygen atoms in total. The Morgan fingerprint density at radius 1 is 1.07 bits per heavy atom. The summed E-state index contributed by atoms with van der Waals surface area (Å²) in [5.74, 6) is -0.266. The van der Waals surface area contributed by atoms with Gasteiger partial charge in [-0.1, -0.05) is 6.07 Å². The molecule has 0 aliphatic carbocycles. The number of sulfonamides is 1. The van der Waals surface area contributed by atoms with Crippen LogP contribution in [-0.4, -0.2) is 33.2 Å². The molecule has 0 bridgehead atoms. The lowest BCUT2D eigenvalue weighted by Gasteiger charge is -2.16. The summed E-state index contributed by atoms with van der Waals surface area (Å²) in [5.41, 5.74) is 0.187. The molecule has 1 heterocycles. The van der Waals surface area contributed by atoms with Crippen LogP contribution in [0.15, 0.2) is 52.0 Å². The predicted molar refractivity (Wildman–Crippen MR) is 101 cm³/mol. The molecule has 1 atom stereocenters. The quantitative estimate of drug-likeness (QED) is 0.680. The summed E-state index contributed by atoms with van der Waals surface area (Å²) >= 11 is 0. The van der Waals surface area contributed by atoms with Gasteiger partial charge in [0.15, 0.2) is 9.84 Å². The zero-order valence-corrected chi connectivity index (χ0v) is 16.8. The van der Waals surface area contributed by atoms with Gasteiger partial charge in [-0.2, -0.15) is 0 Å². The number of furan rings is 1. The number of hydrogen-bond acceptors (Lipinski definition) is 6. The Hall–Kier alpha value is -2.17. The SMILES string of the molecule is CC(C)S(=O)(=O)C(C)C(=O)Nc1cccc(S(=O)(=O)NCc2ccco2)c1. The van der Waals surface area contributed by atoms with Crippen LogP contribution in [0.4, 0.5) is 5.69 Å². The van der Waals surface area contributed by atoms with Crippen LogP contribution in [0.25, 0.3) is 0 Å². The minimum absolute atomic E-state index is 0.0183. The third-order valence-corrected chi connectivity index (χ3v) is 7.86. The van der Waals surface area contributed by atoms with E-state index in [1.807, 2.05) is 0 Å². The van der Waals surface area contributed by atoms with Crippen molar-refractivity contribution < 1.29 is 26.0 Å². The lowest BCUT2D eigenvalue weighted by Crippen LogP contribution is -2.36. The fraction of sp³-hybridized carbons (Fsp3) is 0.353. The highest BCUT2D eigenvalue weighted by Crippen LogP contribution is 2.18. The Kier molecular flexibility index (Phi) is 6.45. The van der Waals surface area contributed by atoms with Crippen LogP contribution in [-0.2, 0) is 31.2 Å². The molecule has 0 saturated carbocycles. The van der Waals surface area contributed by atoms with E-state index in [0.29, 0.717) is 5.76 Å². The molecule has 1 unspecified atom stereocenters. The van der Waals surface area contributed by atoms with E-state index in [1.54, 1.807) is 12.1 Å². The normalized spacial score (nSPS) is 13.5. The molecule has 2 rings (SSSR count). The summed E-state index contributed by atoms with van der Waals surface area (Å²) in [7, 11) is -7.46. The lowest BCUT2D eigenvalue weighted by atomic mass is 10.3. The lowest BCUT2D eigenvalue weighted by molar-refractivity contribution is -0.115. The van der Waals surface area contributed by atoms with E-state index in [2.05, 4.69) is 10.0 Å². The predicted octanol–water partition coefficient (Wildman–Crippen LogP) is 1.91. The van der Waals surface area contributed by atoms with E-state index in [-0.39, 0.29) is 17.1 Å². The van der Waals surface area contributed by atoms with Gasteiger partial charge in [0.05, 0.1) is 23.0 Å². The van der Waals surface area contributed by atoms with Gasteiger partial charge in [0.25, 0.3) is 0 Å². The molecule has 0 fully saturated rings. The van der Waals surface area contributed by atoms with Gasteiger partial charge in [-0.3, -0.25) is 4.79 Å². The van der Waals surface area contributed by atoms with E-state index in [4.69, 9.17) is 4.42 Å². The first kappa shape index (κ1) is 21.1. The Balaban J connectivity index is 2.13. The summed E-state index contributed by atoms with van der Waals surface area (Å²) in [5, 5.41) is 0.503. The van der Waals surface area contributed by atoms with Gasteiger partial charge in [0, 0.05) is 5.69 Å². The molecule has 2 N–H and O–H groups in total. The van der Waals surface area contributed by atoms with Crippen molar-refractivity contribution in [1.82, 2.24) is 4.72 Å². The molecule has 0 aliphatic rings. The first-order chi connectivity index (χ1) is 12.5. The van der Waals surface area contributed by atoms with Crippen molar-refractivity contribution in [3.8, 4) is 0 Å². The van der Waals surface area contributed by atoms with E-state index >= 15 is 0 Å². The maximum atomic E-state index is 12.4. The summed E-state index contributed by atoms with van der Waals surface area (Å²) < 4.78 is 56.5. The molecule has 10 heteroatoms. The average molecular weight is 415 g/mol. The third-order valence-electron chi connectivity index (χ3n) is 3.95. The fourth-order valence-corrected chi connectivity index (χ4v) is 4.42. The van der Waals surface area contributed by atoms with Crippen molar-refractivity contribution in [1.29, 1.82) is 0 Å². The number of hydrogen-bond donors (Lipinski definition) is 2. The second kappa shape index (κ2) is 8.24. The zero-order chi connectivity index (χ0) is 20.2. The second-order valence-electron chi connectivity index (χ2n) is 6.20. The van der Waals surface area contributed by atoms with Gasteiger partial charge in [-0.05, 0) is 51.1 Å². The number of rotatable bonds is 8. The van der Waals surface area contributed by atoms with Crippen molar-refractivity contribution >= 4 is 31.5 Å². The number of carbonyl (C=O) groups is 1. The molecule has 0 aliphatic heterocycles. The number of amides is 1. The Labute approximate surface area is 158 Å². The monoisotopic (exact) mass is 414 g/mol. The van der Waals surface area contributed by atoms with Crippen molar-refractivity contribution in [3.05, 3.63) is 48.4 Å². The van der Waals surface area contributed by atoms with Crippen LogP contribution >= 0.6 is 0 Å². The molecule has 148 valence electrons. The van der Waals surface area contributed by atoms with Crippen molar-refractivity contribution in [3.63, 3.8) is 0 Å². The number of sulfone groups is 1. The summed E-state index contributed by atoms with van der Waals surface area (Å²) in [6.07, 6.45) is 1.44. The molecule has 1 aromatic carbocycles. The van der Waals surface area contributed by atoms with Gasteiger partial charge in [-0.15, -0.1) is 0 Å². The van der Waals surface area contributed by atoms with Crippen molar-refractivity contribution in [2.24, 2.45) is 0 Å². The molecular weight excluding hydrogens is 392 g/mol. The number of carbonyl (C=O) groups excluding carboxylic acids is 1. The smallest absolute Gasteiger partial charge is 0.242 e. The van der Waals surface area contributed by atoms with Crippen LogP contribution in [0, 0.1) is 0 Å². The molecule has 0 radical (unpaired) electrons. The number of benzene rings is 1. The topological polar surface area (TPSA) is 123 Å². The highest BCUT2D eigenvalue weighted by Gasteiger charge is 2.30. The fourth-order valence-electron chi connectivity index (χ4n) is 2.20. The van der Waals surface area contributed by atoms with Crippen molar-refractivity contribution in [2.75, 3.05) is 5.32 Å². The highest BCUT2D eigenvalue weighted by atomic mass is 32.2. The largest absolute Gasteiger partial charge is 0.468 e. The first-order valence-electron chi connectivity index (χ1n) is 8.19. The minimum Gasteiger partial charge on any atom is -0.468 e. The molecule has 1 aromatic heterocycles. The highest BCUT2D eigenvalue weighted by molar-refractivity contribution is 7.93. The van der Waals surface area contributed by atoms with Gasteiger partial charge < -0.3 is 9.73 Å². The molecular formula is C17H22N2O6S2. The minimum atomic E-state index is -3.84. The third kappa shape index (κ3) is 5.18. The summed E-state index contributed by atoms with van der Waals surface area (Å²) in [4.78, 5) is 12.2. The summed E-state index contributed by atoms with van der Waals surface area (Å²) in [6, 6.07) is 8.85. The Morgan fingerprint density at radius 3 is 2.37 bits per heavy atom. The summed E-state index contributed by atoms with van der Waals surface area (Å²) in [6.45, 7) is 4.28. The van der Waals surface area contributed by atoms with Gasteiger partial charge in [-0.25, -0.2) is 21.6 Å². The van der Waals surface area contributed by atoms with Crippen LogP contribution in [0.1, 0.15) is 26.5 Å². The van der Waals surface area contributed by atoms with Gasteiger partial charge in [0.2, 0.25) is 15.9 Å². The number of anilines is 1. The maximum Gasteiger partial charge on any atom is 0.242 e. The average Bonchev–Trinajstić information content (AvgIpc) is 3.13. The molecule has 1 amide bonds. The van der Waals surface area contributed by atoms with Crippen molar-refractivity contribution in [2.45, 2.75) is 42.7 Å². The number of nitrogens with one attached hydrogen (secondary N) is 2. The Bertz CT molecular complexity index is 996. The zero-order valence-electron chi connectivity index (χ0n) is 15.2. The van der Waals surface area contributed by atoms with Gasteiger partial charge in [0.1, 0.15) is 11.0 Å². The van der Waals surface area contributed by atoms with E-state index in [1.165, 1.54) is 51.3 Å². The molecule has 2 aromatic rings. The Morgan fingerprint density at radius 2 is 1.78 bits per heavy atom. The van der Waals surface area contributed by atoms with Crippen LogP contribution in [0.3, 0.4) is 0 Å². The standard InChI is InChI=1S/C17H22N2O6S2/c1-12(2)26(21,22)13(3)17(20)19-14-6-4-8-16(10-14)27(23,24)18-11-15-7-5-9-25-15/h4-10,12-13,18H,11H2,1-3H3,(H,19,20). The van der Waals surface area contributed by atoms with E-state index < -0.39 is 36.3 Å². The van der Waals surface area contributed by atoms with Crippen LogP contribution < -0.4 is 10.0 Å². The van der Waals surface area contributed by atoms with E-state index in [0.717, 1.165) is 0 Å². The maximum absolute atomic E-state index is 12.4. The molecule has 27 heavy (non-hydrogen) atoms. The van der Waals surface area contributed by atoms with Crippen LogP contribution in [0.2, 0.25) is 0 Å². The molecule has 0 saturated heterocycles. The van der Waals surface area contributed by atoms with Crippen LogP contribution in [0.5, 0.6) is 0 Å². The second-order valence-corrected chi connectivity index (χ2v) is 10.8. The van der Waals surface area contributed by atoms with E-state index in [9.17, 15) is 21.6 Å². The first-order valence-corrected chi connectivity index (χ1v) is 11.3. The van der Waals surface area contributed by atoms with Gasteiger partial charge >= 0.3 is 0 Å². The molecule has 0 spiro atoms.